The van der Waals surface area contributed by atoms with Crippen molar-refractivity contribution in [2.24, 2.45) is 0 Å². The fraction of sp³-hybridized carbons (Fsp3) is 0.571. The summed E-state index contributed by atoms with van der Waals surface area (Å²) in [6, 6.07) is 1.69. The van der Waals surface area contributed by atoms with Gasteiger partial charge in [-0.25, -0.2) is 0 Å². The van der Waals surface area contributed by atoms with Gasteiger partial charge in [-0.1, -0.05) is 12.8 Å². The first-order valence-electron chi connectivity index (χ1n) is 6.69. The van der Waals surface area contributed by atoms with Crippen molar-refractivity contribution in [1.29, 1.82) is 0 Å². The summed E-state index contributed by atoms with van der Waals surface area (Å²) in [5.41, 5.74) is 0.743. The van der Waals surface area contributed by atoms with Crippen LogP contribution in [0.2, 0.25) is 0 Å². The fourth-order valence-electron chi connectivity index (χ4n) is 2.65. The molecule has 5 heteroatoms. The molecule has 1 fully saturated rings. The number of pyridine rings is 1. The normalized spacial score (nSPS) is 15.7. The first kappa shape index (κ1) is 14.1. The lowest BCUT2D eigenvalue weighted by Gasteiger charge is -2.28. The molecule has 1 amide bonds. The third-order valence-electron chi connectivity index (χ3n) is 3.64. The van der Waals surface area contributed by atoms with Crippen molar-refractivity contribution in [3.8, 4) is 0 Å². The SMILES string of the molecule is Cc1cc(=O)c(C(=O)N(CCCl)C2CCCC2)c[nH]1. The zero-order valence-corrected chi connectivity index (χ0v) is 11.9. The predicted molar refractivity (Wildman–Crippen MR) is 75.8 cm³/mol. The molecule has 19 heavy (non-hydrogen) atoms. The first-order valence-corrected chi connectivity index (χ1v) is 7.23. The maximum atomic E-state index is 12.5. The minimum Gasteiger partial charge on any atom is -0.364 e. The van der Waals surface area contributed by atoms with Crippen molar-refractivity contribution in [3.63, 3.8) is 0 Å². The van der Waals surface area contributed by atoms with Crippen LogP contribution in [0.5, 0.6) is 0 Å². The predicted octanol–water partition coefficient (Wildman–Crippen LogP) is 2.31. The van der Waals surface area contributed by atoms with Crippen LogP contribution >= 0.6 is 11.6 Å². The Balaban J connectivity index is 2.25. The van der Waals surface area contributed by atoms with E-state index in [1.807, 2.05) is 0 Å². The van der Waals surface area contributed by atoms with Crippen LogP contribution in [0.25, 0.3) is 0 Å². The maximum absolute atomic E-state index is 12.5. The standard InChI is InChI=1S/C14H19ClN2O2/c1-10-8-13(18)12(9-16-10)14(19)17(7-6-15)11-4-2-3-5-11/h8-9,11H,2-7H2,1H3,(H,16,18). The Hall–Kier alpha value is -1.29. The molecule has 1 aromatic heterocycles. The Labute approximate surface area is 117 Å². The number of H-pyrrole nitrogens is 1. The number of aromatic nitrogens is 1. The Bertz CT molecular complexity index is 506. The third kappa shape index (κ3) is 3.18. The van der Waals surface area contributed by atoms with E-state index in [4.69, 9.17) is 11.6 Å². The first-order chi connectivity index (χ1) is 9.13. The second kappa shape index (κ2) is 6.24. The van der Waals surface area contributed by atoms with Gasteiger partial charge >= 0.3 is 0 Å². The van der Waals surface area contributed by atoms with E-state index in [0.717, 1.165) is 31.4 Å². The van der Waals surface area contributed by atoms with E-state index in [-0.39, 0.29) is 22.9 Å². The number of halogens is 1. The van der Waals surface area contributed by atoms with Gasteiger partial charge in [0.05, 0.1) is 0 Å². The van der Waals surface area contributed by atoms with Gasteiger partial charge in [-0.15, -0.1) is 11.6 Å². The molecule has 0 aromatic carbocycles. The minimum absolute atomic E-state index is 0.200. The molecule has 104 valence electrons. The molecule has 1 aliphatic rings. The molecule has 0 saturated heterocycles. The number of hydrogen-bond donors (Lipinski definition) is 1. The summed E-state index contributed by atoms with van der Waals surface area (Å²) in [5, 5.41) is 0. The number of carbonyl (C=O) groups is 1. The second-order valence-electron chi connectivity index (χ2n) is 5.02. The van der Waals surface area contributed by atoms with Gasteiger partial charge in [0.25, 0.3) is 5.91 Å². The Morgan fingerprint density at radius 3 is 2.74 bits per heavy atom. The van der Waals surface area contributed by atoms with E-state index < -0.39 is 0 Å². The molecule has 1 aromatic rings. The quantitative estimate of drug-likeness (QED) is 0.862. The highest BCUT2D eigenvalue weighted by atomic mass is 35.5. The lowest BCUT2D eigenvalue weighted by atomic mass is 10.1. The third-order valence-corrected chi connectivity index (χ3v) is 3.81. The average Bonchev–Trinajstić information content (AvgIpc) is 2.89. The number of nitrogens with zero attached hydrogens (tertiary/aromatic N) is 1. The molecule has 1 saturated carbocycles. The molecule has 0 radical (unpaired) electrons. The maximum Gasteiger partial charge on any atom is 0.259 e. The zero-order valence-electron chi connectivity index (χ0n) is 11.1. The summed E-state index contributed by atoms with van der Waals surface area (Å²) in [7, 11) is 0. The van der Waals surface area contributed by atoms with Crippen molar-refractivity contribution in [1.82, 2.24) is 9.88 Å². The lowest BCUT2D eigenvalue weighted by molar-refractivity contribution is 0.0693. The van der Waals surface area contributed by atoms with Crippen LogP contribution in [0.3, 0.4) is 0 Å². The molecular weight excluding hydrogens is 264 g/mol. The number of rotatable bonds is 4. The van der Waals surface area contributed by atoms with Crippen LogP contribution in [-0.2, 0) is 0 Å². The van der Waals surface area contributed by atoms with E-state index in [9.17, 15) is 9.59 Å². The number of hydrogen-bond acceptors (Lipinski definition) is 2. The summed E-state index contributed by atoms with van der Waals surface area (Å²) < 4.78 is 0. The lowest BCUT2D eigenvalue weighted by Crippen LogP contribution is -2.42. The summed E-state index contributed by atoms with van der Waals surface area (Å²) in [6.07, 6.45) is 5.80. The van der Waals surface area contributed by atoms with E-state index >= 15 is 0 Å². The highest BCUT2D eigenvalue weighted by Crippen LogP contribution is 2.24. The number of amides is 1. The van der Waals surface area contributed by atoms with Crippen molar-refractivity contribution in [3.05, 3.63) is 33.7 Å². The molecule has 0 spiro atoms. The van der Waals surface area contributed by atoms with Crippen molar-refractivity contribution in [2.75, 3.05) is 12.4 Å². The summed E-state index contributed by atoms with van der Waals surface area (Å²) in [5.74, 6) is 0.195. The van der Waals surface area contributed by atoms with Crippen molar-refractivity contribution >= 4 is 17.5 Å². The van der Waals surface area contributed by atoms with Crippen molar-refractivity contribution in [2.45, 2.75) is 38.6 Å². The molecular formula is C14H19ClN2O2. The Kier molecular flexibility index (Phi) is 4.64. The zero-order chi connectivity index (χ0) is 13.8. The van der Waals surface area contributed by atoms with E-state index in [1.165, 1.54) is 12.3 Å². The minimum atomic E-state index is -0.223. The number of nitrogens with one attached hydrogen (secondary N) is 1. The molecule has 0 atom stereocenters. The summed E-state index contributed by atoms with van der Waals surface area (Å²) in [4.78, 5) is 29.1. The largest absolute Gasteiger partial charge is 0.364 e. The van der Waals surface area contributed by atoms with Crippen LogP contribution in [0, 0.1) is 6.92 Å². The van der Waals surface area contributed by atoms with Gasteiger partial charge in [0.2, 0.25) is 0 Å². The number of aryl methyl sites for hydroxylation is 1. The van der Waals surface area contributed by atoms with Gasteiger partial charge in [0.1, 0.15) is 5.56 Å². The van der Waals surface area contributed by atoms with E-state index in [0.29, 0.717) is 12.4 Å². The number of aromatic amines is 1. The van der Waals surface area contributed by atoms with Crippen LogP contribution in [0.15, 0.2) is 17.1 Å². The van der Waals surface area contributed by atoms with Gasteiger partial charge in [-0.2, -0.15) is 0 Å². The van der Waals surface area contributed by atoms with Crippen molar-refractivity contribution < 1.29 is 4.79 Å². The topological polar surface area (TPSA) is 53.2 Å². The van der Waals surface area contributed by atoms with Crippen LogP contribution in [0.1, 0.15) is 41.7 Å². The van der Waals surface area contributed by atoms with Crippen LogP contribution < -0.4 is 5.43 Å². The monoisotopic (exact) mass is 282 g/mol. The van der Waals surface area contributed by atoms with Gasteiger partial charge in [-0.3, -0.25) is 9.59 Å². The summed E-state index contributed by atoms with van der Waals surface area (Å²) >= 11 is 5.79. The molecule has 4 nitrogen and oxygen atoms in total. The van der Waals surface area contributed by atoms with Crippen LogP contribution in [0.4, 0.5) is 0 Å². The number of carbonyl (C=O) groups excluding carboxylic acids is 1. The molecule has 2 rings (SSSR count). The van der Waals surface area contributed by atoms with E-state index in [1.54, 1.807) is 11.8 Å². The average molecular weight is 283 g/mol. The molecule has 1 N–H and O–H groups in total. The van der Waals surface area contributed by atoms with E-state index in [2.05, 4.69) is 4.98 Å². The smallest absolute Gasteiger partial charge is 0.259 e. The van der Waals surface area contributed by atoms with Gasteiger partial charge in [-0.05, 0) is 19.8 Å². The molecule has 1 aliphatic carbocycles. The molecule has 0 bridgehead atoms. The second-order valence-corrected chi connectivity index (χ2v) is 5.40. The molecule has 0 unspecified atom stereocenters. The Morgan fingerprint density at radius 2 is 2.16 bits per heavy atom. The van der Waals surface area contributed by atoms with Gasteiger partial charge in [0.15, 0.2) is 5.43 Å². The van der Waals surface area contributed by atoms with Gasteiger partial charge in [0, 0.05) is 36.4 Å². The fourth-order valence-corrected chi connectivity index (χ4v) is 2.83. The highest BCUT2D eigenvalue weighted by Gasteiger charge is 2.28. The van der Waals surface area contributed by atoms with Crippen LogP contribution in [-0.4, -0.2) is 34.3 Å². The number of alkyl halides is 1. The van der Waals surface area contributed by atoms with Gasteiger partial charge < -0.3 is 9.88 Å². The highest BCUT2D eigenvalue weighted by molar-refractivity contribution is 6.18. The molecule has 1 heterocycles. The summed E-state index contributed by atoms with van der Waals surface area (Å²) in [6.45, 7) is 2.29. The molecule has 0 aliphatic heterocycles. The Morgan fingerprint density at radius 1 is 1.47 bits per heavy atom.